The van der Waals surface area contributed by atoms with E-state index in [2.05, 4.69) is 11.8 Å². The van der Waals surface area contributed by atoms with E-state index in [1.165, 1.54) is 5.57 Å². The molecule has 2 nitrogen and oxygen atoms in total. The van der Waals surface area contributed by atoms with Gasteiger partial charge in [-0.05, 0) is 50.3 Å². The molecular formula is C20H19ClO2. The highest BCUT2D eigenvalue weighted by atomic mass is 35.5. The minimum Gasteiger partial charge on any atom is -0.489 e. The molecule has 0 fully saturated rings. The predicted octanol–water partition coefficient (Wildman–Crippen LogP) is 4.77. The molecule has 0 unspecified atom stereocenters. The van der Waals surface area contributed by atoms with Gasteiger partial charge in [0.2, 0.25) is 0 Å². The molecule has 0 saturated heterocycles. The molecule has 3 heteroatoms. The summed E-state index contributed by atoms with van der Waals surface area (Å²) in [5, 5.41) is 10.9. The van der Waals surface area contributed by atoms with E-state index in [-0.39, 0.29) is 0 Å². The lowest BCUT2D eigenvalue weighted by molar-refractivity contribution is 0.230. The third kappa shape index (κ3) is 5.49. The van der Waals surface area contributed by atoms with Gasteiger partial charge < -0.3 is 9.84 Å². The van der Waals surface area contributed by atoms with Crippen LogP contribution in [-0.4, -0.2) is 11.7 Å². The van der Waals surface area contributed by atoms with Gasteiger partial charge in [-0.25, -0.2) is 0 Å². The molecule has 0 aliphatic rings. The molecule has 2 rings (SSSR count). The molecule has 23 heavy (non-hydrogen) atoms. The molecule has 0 saturated carbocycles. The summed E-state index contributed by atoms with van der Waals surface area (Å²) in [6.07, 6.45) is 1.01. The second-order valence-electron chi connectivity index (χ2n) is 5.31. The van der Waals surface area contributed by atoms with Gasteiger partial charge in [0.25, 0.3) is 0 Å². The molecule has 0 amide bonds. The standard InChI is InChI=1S/C20H19ClO2/c1-15(2)12-13-23-20-11-9-17(21)14-18(20)19(22)10-8-16-6-4-3-5-7-16/h3-7,9,11-12,14,19,22H,13H2,1-2H3/t19-/m1/s1. The molecule has 2 aromatic carbocycles. The van der Waals surface area contributed by atoms with Crippen LogP contribution in [0.1, 0.15) is 31.1 Å². The van der Waals surface area contributed by atoms with Crippen molar-refractivity contribution in [3.8, 4) is 17.6 Å². The predicted molar refractivity (Wildman–Crippen MR) is 94.7 cm³/mol. The molecule has 0 heterocycles. The van der Waals surface area contributed by atoms with Gasteiger partial charge in [0.05, 0.1) is 0 Å². The Labute approximate surface area is 142 Å². The second-order valence-corrected chi connectivity index (χ2v) is 5.75. The molecule has 2 aromatic rings. The van der Waals surface area contributed by atoms with Crippen molar-refractivity contribution in [2.75, 3.05) is 6.61 Å². The van der Waals surface area contributed by atoms with Crippen LogP contribution < -0.4 is 4.74 Å². The topological polar surface area (TPSA) is 29.5 Å². The second kappa shape index (κ2) is 8.43. The van der Waals surface area contributed by atoms with E-state index in [0.29, 0.717) is 22.9 Å². The number of hydrogen-bond donors (Lipinski definition) is 1. The summed E-state index contributed by atoms with van der Waals surface area (Å²) in [6, 6.07) is 14.7. The number of hydrogen-bond acceptors (Lipinski definition) is 2. The molecule has 0 aromatic heterocycles. The number of benzene rings is 2. The largest absolute Gasteiger partial charge is 0.489 e. The van der Waals surface area contributed by atoms with Crippen LogP contribution >= 0.6 is 11.6 Å². The summed E-state index contributed by atoms with van der Waals surface area (Å²) in [5.74, 6) is 6.37. The summed E-state index contributed by atoms with van der Waals surface area (Å²) in [4.78, 5) is 0. The van der Waals surface area contributed by atoms with Gasteiger partial charge in [0.1, 0.15) is 18.5 Å². The van der Waals surface area contributed by atoms with Gasteiger partial charge in [-0.2, -0.15) is 0 Å². The van der Waals surface area contributed by atoms with Crippen LogP contribution in [0.4, 0.5) is 0 Å². The van der Waals surface area contributed by atoms with Crippen molar-refractivity contribution in [3.63, 3.8) is 0 Å². The van der Waals surface area contributed by atoms with E-state index in [4.69, 9.17) is 16.3 Å². The molecule has 0 aliphatic heterocycles. The lowest BCUT2D eigenvalue weighted by Gasteiger charge is -2.12. The van der Waals surface area contributed by atoms with Crippen LogP contribution in [0, 0.1) is 11.8 Å². The molecule has 1 atom stereocenters. The number of aliphatic hydroxyl groups is 1. The van der Waals surface area contributed by atoms with Crippen molar-refractivity contribution in [1.82, 2.24) is 0 Å². The Hall–Kier alpha value is -2.21. The molecule has 118 valence electrons. The van der Waals surface area contributed by atoms with Crippen LogP contribution in [-0.2, 0) is 0 Å². The van der Waals surface area contributed by atoms with Crippen molar-refractivity contribution < 1.29 is 9.84 Å². The van der Waals surface area contributed by atoms with Gasteiger partial charge in [-0.1, -0.05) is 47.2 Å². The van der Waals surface area contributed by atoms with Crippen LogP contribution in [0.5, 0.6) is 5.75 Å². The summed E-state index contributed by atoms with van der Waals surface area (Å²) in [7, 11) is 0. The third-order valence-corrected chi connectivity index (χ3v) is 3.36. The molecule has 0 aliphatic carbocycles. The maximum absolute atomic E-state index is 10.4. The van der Waals surface area contributed by atoms with Crippen LogP contribution in [0.2, 0.25) is 5.02 Å². The minimum absolute atomic E-state index is 0.440. The van der Waals surface area contributed by atoms with E-state index in [1.54, 1.807) is 18.2 Å². The number of halogens is 1. The zero-order valence-corrected chi connectivity index (χ0v) is 14.0. The van der Waals surface area contributed by atoms with Crippen LogP contribution in [0.25, 0.3) is 0 Å². The quantitative estimate of drug-likeness (QED) is 0.647. The van der Waals surface area contributed by atoms with Crippen LogP contribution in [0.3, 0.4) is 0 Å². The fraction of sp³-hybridized carbons (Fsp3) is 0.200. The van der Waals surface area contributed by atoms with Gasteiger partial charge >= 0.3 is 0 Å². The monoisotopic (exact) mass is 326 g/mol. The first-order valence-corrected chi connectivity index (χ1v) is 7.74. The summed E-state index contributed by atoms with van der Waals surface area (Å²) < 4.78 is 5.71. The van der Waals surface area contributed by atoms with Gasteiger partial charge in [-0.15, -0.1) is 0 Å². The first kappa shape index (κ1) is 17.1. The zero-order chi connectivity index (χ0) is 16.7. The van der Waals surface area contributed by atoms with Crippen molar-refractivity contribution >= 4 is 11.6 Å². The lowest BCUT2D eigenvalue weighted by atomic mass is 10.1. The van der Waals surface area contributed by atoms with Gasteiger partial charge in [-0.3, -0.25) is 0 Å². The first-order chi connectivity index (χ1) is 11.1. The maximum Gasteiger partial charge on any atom is 0.144 e. The number of rotatable bonds is 4. The third-order valence-electron chi connectivity index (χ3n) is 3.12. The Morgan fingerprint density at radius 3 is 2.65 bits per heavy atom. The summed E-state index contributed by atoms with van der Waals surface area (Å²) >= 11 is 6.04. The average Bonchev–Trinajstić information content (AvgIpc) is 2.54. The minimum atomic E-state index is -0.962. The smallest absolute Gasteiger partial charge is 0.144 e. The number of allylic oxidation sites excluding steroid dienone is 1. The van der Waals surface area contributed by atoms with E-state index < -0.39 is 6.10 Å². The highest BCUT2D eigenvalue weighted by molar-refractivity contribution is 6.30. The Morgan fingerprint density at radius 1 is 1.22 bits per heavy atom. The van der Waals surface area contributed by atoms with Gasteiger partial charge in [0, 0.05) is 16.1 Å². The first-order valence-electron chi connectivity index (χ1n) is 7.36. The van der Waals surface area contributed by atoms with Crippen molar-refractivity contribution in [2.24, 2.45) is 0 Å². The average molecular weight is 327 g/mol. The Kier molecular flexibility index (Phi) is 6.29. The normalized spacial score (nSPS) is 11.1. The molecule has 0 spiro atoms. The van der Waals surface area contributed by atoms with E-state index in [0.717, 1.165) is 5.56 Å². The van der Waals surface area contributed by atoms with Crippen molar-refractivity contribution in [2.45, 2.75) is 20.0 Å². The highest BCUT2D eigenvalue weighted by Gasteiger charge is 2.12. The molecule has 0 bridgehead atoms. The van der Waals surface area contributed by atoms with Crippen molar-refractivity contribution in [1.29, 1.82) is 0 Å². The fourth-order valence-corrected chi connectivity index (χ4v) is 2.09. The number of aliphatic hydroxyl groups excluding tert-OH is 1. The summed E-state index contributed by atoms with van der Waals surface area (Å²) in [6.45, 7) is 4.45. The Morgan fingerprint density at radius 2 is 1.96 bits per heavy atom. The van der Waals surface area contributed by atoms with E-state index >= 15 is 0 Å². The fourth-order valence-electron chi connectivity index (χ4n) is 1.91. The SMILES string of the molecule is CC(C)=CCOc1ccc(Cl)cc1[C@H](O)C#Cc1ccccc1. The molecule has 1 N–H and O–H groups in total. The number of ether oxygens (including phenoxy) is 1. The van der Waals surface area contributed by atoms with Crippen LogP contribution in [0.15, 0.2) is 60.2 Å². The highest BCUT2D eigenvalue weighted by Crippen LogP contribution is 2.28. The Bertz CT molecular complexity index is 735. The Balaban J connectivity index is 2.21. The van der Waals surface area contributed by atoms with Gasteiger partial charge in [0.15, 0.2) is 0 Å². The van der Waals surface area contributed by atoms with E-state index in [9.17, 15) is 5.11 Å². The summed E-state index contributed by atoms with van der Waals surface area (Å²) in [5.41, 5.74) is 2.59. The molecular weight excluding hydrogens is 308 g/mol. The molecule has 0 radical (unpaired) electrons. The van der Waals surface area contributed by atoms with Crippen molar-refractivity contribution in [3.05, 3.63) is 76.3 Å². The lowest BCUT2D eigenvalue weighted by Crippen LogP contribution is -2.02. The zero-order valence-electron chi connectivity index (χ0n) is 13.2. The van der Waals surface area contributed by atoms with E-state index in [1.807, 2.05) is 50.3 Å². The maximum atomic E-state index is 10.4.